The monoisotopic (exact) mass is 346 g/mol. The van der Waals surface area contributed by atoms with Crippen molar-refractivity contribution < 1.29 is 14.0 Å². The van der Waals surface area contributed by atoms with E-state index < -0.39 is 5.82 Å². The number of benzene rings is 1. The fraction of sp³-hybridized carbons (Fsp3) is 0.389. The van der Waals surface area contributed by atoms with Crippen LogP contribution in [0.2, 0.25) is 0 Å². The Bertz CT molecular complexity index is 793. The van der Waals surface area contributed by atoms with Crippen LogP contribution in [0.25, 0.3) is 5.69 Å². The van der Waals surface area contributed by atoms with Gasteiger partial charge in [-0.2, -0.15) is 5.10 Å². The van der Waals surface area contributed by atoms with Crippen LogP contribution in [0.4, 0.5) is 4.39 Å². The summed E-state index contributed by atoms with van der Waals surface area (Å²) in [5, 5.41) is 6.92. The molecule has 1 aromatic carbocycles. The number of hydrogen-bond donors (Lipinski definition) is 1. The minimum absolute atomic E-state index is 0.0690. The van der Waals surface area contributed by atoms with Gasteiger partial charge < -0.3 is 10.2 Å². The highest BCUT2D eigenvalue weighted by atomic mass is 19.1. The second-order valence-corrected chi connectivity index (χ2v) is 6.97. The third kappa shape index (κ3) is 4.43. The second kappa shape index (κ2) is 7.04. The Hall–Kier alpha value is -2.70. The van der Waals surface area contributed by atoms with Crippen LogP contribution in [0.1, 0.15) is 36.8 Å². The molecule has 0 aliphatic heterocycles. The average molecular weight is 346 g/mol. The van der Waals surface area contributed by atoms with Crippen LogP contribution in [-0.2, 0) is 4.79 Å². The Labute approximate surface area is 146 Å². The summed E-state index contributed by atoms with van der Waals surface area (Å²) in [6, 6.07) is 6.21. The van der Waals surface area contributed by atoms with Crippen LogP contribution in [-0.4, -0.2) is 45.6 Å². The molecular weight excluding hydrogens is 323 g/mol. The summed E-state index contributed by atoms with van der Waals surface area (Å²) in [6.07, 6.45) is 1.39. The van der Waals surface area contributed by atoms with Crippen LogP contribution in [0.5, 0.6) is 0 Å². The van der Waals surface area contributed by atoms with Crippen LogP contribution >= 0.6 is 0 Å². The molecule has 0 atom stereocenters. The number of rotatable bonds is 4. The van der Waals surface area contributed by atoms with E-state index in [9.17, 15) is 14.0 Å². The molecule has 0 radical (unpaired) electrons. The van der Waals surface area contributed by atoms with Gasteiger partial charge in [0.1, 0.15) is 11.5 Å². The SMILES string of the molecule is Cc1c(C(=O)N(C)CC(=O)NC(C)(C)C)cnn1-c1ccccc1F. The zero-order valence-electron chi connectivity index (χ0n) is 15.1. The van der Waals surface area contributed by atoms with E-state index in [1.807, 2.05) is 20.8 Å². The molecule has 25 heavy (non-hydrogen) atoms. The van der Waals surface area contributed by atoms with Crippen LogP contribution in [0.15, 0.2) is 30.5 Å². The first-order valence-corrected chi connectivity index (χ1v) is 7.96. The Morgan fingerprint density at radius 2 is 1.92 bits per heavy atom. The minimum atomic E-state index is -0.425. The number of carbonyl (C=O) groups excluding carboxylic acids is 2. The van der Waals surface area contributed by atoms with Crippen molar-refractivity contribution in [3.05, 3.63) is 47.5 Å². The van der Waals surface area contributed by atoms with Crippen molar-refractivity contribution >= 4 is 11.8 Å². The number of amides is 2. The Morgan fingerprint density at radius 3 is 2.52 bits per heavy atom. The van der Waals surface area contributed by atoms with Gasteiger partial charge in [-0.25, -0.2) is 9.07 Å². The molecule has 0 aliphatic rings. The van der Waals surface area contributed by atoms with Crippen LogP contribution in [0.3, 0.4) is 0 Å². The van der Waals surface area contributed by atoms with Crippen molar-refractivity contribution in [2.24, 2.45) is 0 Å². The molecule has 2 amide bonds. The Kier molecular flexibility index (Phi) is 5.25. The third-order valence-corrected chi connectivity index (χ3v) is 3.56. The Morgan fingerprint density at radius 1 is 1.28 bits per heavy atom. The van der Waals surface area contributed by atoms with E-state index in [4.69, 9.17) is 0 Å². The molecular formula is C18H23FN4O2. The molecule has 0 spiro atoms. The largest absolute Gasteiger partial charge is 0.350 e. The van der Waals surface area contributed by atoms with Crippen molar-refractivity contribution in [2.75, 3.05) is 13.6 Å². The van der Waals surface area contributed by atoms with E-state index in [0.717, 1.165) is 0 Å². The van der Waals surface area contributed by atoms with E-state index in [1.54, 1.807) is 32.2 Å². The molecule has 6 nitrogen and oxygen atoms in total. The molecule has 2 aromatic rings. The number of nitrogens with zero attached hydrogens (tertiary/aromatic N) is 3. The summed E-state index contributed by atoms with van der Waals surface area (Å²) in [5.41, 5.74) is 0.742. The molecule has 7 heteroatoms. The minimum Gasteiger partial charge on any atom is -0.350 e. The van der Waals surface area contributed by atoms with Gasteiger partial charge in [-0.15, -0.1) is 0 Å². The fourth-order valence-electron chi connectivity index (χ4n) is 2.44. The maximum absolute atomic E-state index is 13.9. The molecule has 0 aliphatic carbocycles. The second-order valence-electron chi connectivity index (χ2n) is 6.97. The molecule has 1 N–H and O–H groups in total. The molecule has 1 heterocycles. The van der Waals surface area contributed by atoms with Crippen molar-refractivity contribution in [2.45, 2.75) is 33.2 Å². The van der Waals surface area contributed by atoms with Gasteiger partial charge in [0, 0.05) is 12.6 Å². The van der Waals surface area contributed by atoms with Crippen LogP contribution in [0, 0.1) is 12.7 Å². The molecule has 0 unspecified atom stereocenters. The maximum atomic E-state index is 13.9. The first-order chi connectivity index (χ1) is 11.6. The molecule has 134 valence electrons. The van der Waals surface area contributed by atoms with Crippen LogP contribution < -0.4 is 5.32 Å². The summed E-state index contributed by atoms with van der Waals surface area (Å²) >= 11 is 0. The molecule has 0 fully saturated rings. The smallest absolute Gasteiger partial charge is 0.257 e. The quantitative estimate of drug-likeness (QED) is 0.924. The van der Waals surface area contributed by atoms with Gasteiger partial charge in [-0.05, 0) is 39.8 Å². The standard InChI is InChI=1S/C18H23FN4O2/c1-12-13(10-20-23(12)15-9-7-6-8-14(15)19)17(25)22(5)11-16(24)21-18(2,3)4/h6-10H,11H2,1-5H3,(H,21,24). The van der Waals surface area contributed by atoms with E-state index in [-0.39, 0.29) is 29.6 Å². The lowest BCUT2D eigenvalue weighted by atomic mass is 10.1. The summed E-state index contributed by atoms with van der Waals surface area (Å²) < 4.78 is 15.3. The molecule has 0 saturated heterocycles. The lowest BCUT2D eigenvalue weighted by Crippen LogP contribution is -2.46. The van der Waals surface area contributed by atoms with E-state index in [2.05, 4.69) is 10.4 Å². The lowest BCUT2D eigenvalue weighted by Gasteiger charge is -2.23. The number of halogens is 1. The van der Waals surface area contributed by atoms with Gasteiger partial charge in [0.15, 0.2) is 0 Å². The summed E-state index contributed by atoms with van der Waals surface area (Å²) in [4.78, 5) is 25.9. The number of hydrogen-bond acceptors (Lipinski definition) is 3. The topological polar surface area (TPSA) is 67.2 Å². The lowest BCUT2D eigenvalue weighted by molar-refractivity contribution is -0.122. The van der Waals surface area contributed by atoms with Gasteiger partial charge in [-0.3, -0.25) is 9.59 Å². The number of para-hydroxylation sites is 1. The van der Waals surface area contributed by atoms with E-state index in [0.29, 0.717) is 11.3 Å². The molecule has 0 bridgehead atoms. The fourth-order valence-corrected chi connectivity index (χ4v) is 2.44. The highest BCUT2D eigenvalue weighted by Gasteiger charge is 2.22. The number of likely N-dealkylation sites (N-methyl/N-ethyl adjacent to an activating group) is 1. The highest BCUT2D eigenvalue weighted by Crippen LogP contribution is 2.18. The molecule has 0 saturated carbocycles. The van der Waals surface area contributed by atoms with Gasteiger partial charge in [0.05, 0.1) is 24.0 Å². The van der Waals surface area contributed by atoms with Gasteiger partial charge >= 0.3 is 0 Å². The Balaban J connectivity index is 2.18. The summed E-state index contributed by atoms with van der Waals surface area (Å²) in [7, 11) is 1.55. The van der Waals surface area contributed by atoms with Crippen molar-refractivity contribution in [3.63, 3.8) is 0 Å². The predicted octanol–water partition coefficient (Wildman–Crippen LogP) is 2.31. The van der Waals surface area contributed by atoms with Gasteiger partial charge in [-0.1, -0.05) is 12.1 Å². The maximum Gasteiger partial charge on any atom is 0.257 e. The third-order valence-electron chi connectivity index (χ3n) is 3.56. The average Bonchev–Trinajstić information content (AvgIpc) is 2.86. The van der Waals surface area contributed by atoms with Crippen molar-refractivity contribution in [1.82, 2.24) is 20.0 Å². The van der Waals surface area contributed by atoms with E-state index >= 15 is 0 Å². The summed E-state index contributed by atoms with van der Waals surface area (Å²) in [6.45, 7) is 7.23. The number of nitrogens with one attached hydrogen (secondary N) is 1. The van der Waals surface area contributed by atoms with Gasteiger partial charge in [0.2, 0.25) is 5.91 Å². The van der Waals surface area contributed by atoms with Gasteiger partial charge in [0.25, 0.3) is 5.91 Å². The normalized spacial score (nSPS) is 11.3. The first-order valence-electron chi connectivity index (χ1n) is 7.96. The van der Waals surface area contributed by atoms with Crippen molar-refractivity contribution in [3.8, 4) is 5.69 Å². The van der Waals surface area contributed by atoms with Crippen molar-refractivity contribution in [1.29, 1.82) is 0 Å². The zero-order valence-corrected chi connectivity index (χ0v) is 15.1. The predicted molar refractivity (Wildman–Crippen MR) is 93.1 cm³/mol. The number of carbonyl (C=O) groups is 2. The number of aromatic nitrogens is 2. The zero-order chi connectivity index (χ0) is 18.8. The first kappa shape index (κ1) is 18.6. The molecule has 1 aromatic heterocycles. The summed E-state index contributed by atoms with van der Waals surface area (Å²) in [5.74, 6) is -1.02. The highest BCUT2D eigenvalue weighted by molar-refractivity contribution is 5.97. The van der Waals surface area contributed by atoms with E-state index in [1.165, 1.54) is 21.8 Å². The molecule has 2 rings (SSSR count).